The van der Waals surface area contributed by atoms with Crippen LogP contribution in [-0.2, 0) is 5.41 Å². The molecule has 1 heterocycles. The van der Waals surface area contributed by atoms with Crippen LogP contribution in [0.4, 0.5) is 5.69 Å². The third kappa shape index (κ3) is 3.67. The van der Waals surface area contributed by atoms with E-state index in [0.717, 1.165) is 16.9 Å². The minimum absolute atomic E-state index is 0.0688. The lowest BCUT2D eigenvalue weighted by atomic mass is 9.85. The third-order valence-corrected chi connectivity index (χ3v) is 3.56. The largest absolute Gasteiger partial charge is 0.330 e. The number of nitrogens with one attached hydrogen (secondary N) is 1. The van der Waals surface area contributed by atoms with Crippen LogP contribution in [0.1, 0.15) is 35.6 Å². The number of nitrogens with zero attached hydrogens (tertiary/aromatic N) is 1. The van der Waals surface area contributed by atoms with Gasteiger partial charge in [0.05, 0.1) is 0 Å². The molecule has 0 unspecified atom stereocenters. The lowest BCUT2D eigenvalue weighted by Crippen LogP contribution is -2.28. The van der Waals surface area contributed by atoms with Gasteiger partial charge >= 0.3 is 0 Å². The molecule has 0 aliphatic rings. The highest BCUT2D eigenvalue weighted by Crippen LogP contribution is 2.23. The number of carbonyl (C=O) groups is 1. The molecule has 3 N–H and O–H groups in total. The maximum atomic E-state index is 12.1. The summed E-state index contributed by atoms with van der Waals surface area (Å²) in [5, 5.41) is 2.85. The molecule has 0 aliphatic heterocycles. The number of pyridine rings is 1. The average Bonchev–Trinajstić information content (AvgIpc) is 2.48. The molecule has 4 heteroatoms. The van der Waals surface area contributed by atoms with E-state index < -0.39 is 0 Å². The number of carbonyl (C=O) groups excluding carboxylic acids is 1. The van der Waals surface area contributed by atoms with Gasteiger partial charge in [0.1, 0.15) is 5.69 Å². The fraction of sp³-hybridized carbons (Fsp3) is 0.294. The molecule has 0 atom stereocenters. The summed E-state index contributed by atoms with van der Waals surface area (Å²) in [4.78, 5) is 16.3. The molecule has 0 spiro atoms. The van der Waals surface area contributed by atoms with Crippen LogP contribution in [0.2, 0.25) is 0 Å². The minimum Gasteiger partial charge on any atom is -0.330 e. The first kappa shape index (κ1) is 15.2. The molecule has 2 rings (SSSR count). The van der Waals surface area contributed by atoms with E-state index in [-0.39, 0.29) is 11.3 Å². The van der Waals surface area contributed by atoms with Crippen molar-refractivity contribution in [3.8, 4) is 0 Å². The Labute approximate surface area is 125 Å². The second kappa shape index (κ2) is 6.06. The molecular formula is C17H21N3O. The topological polar surface area (TPSA) is 68.0 Å². The Hall–Kier alpha value is -2.20. The molecule has 1 amide bonds. The van der Waals surface area contributed by atoms with E-state index in [4.69, 9.17) is 5.73 Å². The van der Waals surface area contributed by atoms with Crippen molar-refractivity contribution in [2.75, 3.05) is 11.9 Å². The Morgan fingerprint density at radius 3 is 2.43 bits per heavy atom. The van der Waals surface area contributed by atoms with Gasteiger partial charge in [-0.05, 0) is 36.8 Å². The predicted octanol–water partition coefficient (Wildman–Crippen LogP) is 2.88. The number of aromatic nitrogens is 1. The van der Waals surface area contributed by atoms with Gasteiger partial charge in [0.15, 0.2) is 0 Å². The lowest BCUT2D eigenvalue weighted by molar-refractivity contribution is 0.102. The molecule has 0 radical (unpaired) electrons. The van der Waals surface area contributed by atoms with E-state index in [1.165, 1.54) is 0 Å². The van der Waals surface area contributed by atoms with Gasteiger partial charge in [0, 0.05) is 23.3 Å². The summed E-state index contributed by atoms with van der Waals surface area (Å²) in [6.07, 6.45) is 0. The van der Waals surface area contributed by atoms with Gasteiger partial charge in [-0.3, -0.25) is 4.79 Å². The van der Waals surface area contributed by atoms with E-state index in [1.807, 2.05) is 43.3 Å². The average molecular weight is 283 g/mol. The normalized spacial score (nSPS) is 11.2. The zero-order valence-corrected chi connectivity index (χ0v) is 12.7. The summed E-state index contributed by atoms with van der Waals surface area (Å²) in [5.74, 6) is -0.204. The van der Waals surface area contributed by atoms with Gasteiger partial charge in [-0.2, -0.15) is 0 Å². The van der Waals surface area contributed by atoms with Crippen molar-refractivity contribution in [3.05, 3.63) is 59.4 Å². The van der Waals surface area contributed by atoms with Crippen LogP contribution in [0.15, 0.2) is 42.5 Å². The Balaban J connectivity index is 2.12. The predicted molar refractivity (Wildman–Crippen MR) is 85.4 cm³/mol. The van der Waals surface area contributed by atoms with Crippen LogP contribution in [0.3, 0.4) is 0 Å². The molecule has 4 nitrogen and oxygen atoms in total. The summed E-state index contributed by atoms with van der Waals surface area (Å²) in [6.45, 7) is 6.63. The molecular weight excluding hydrogens is 262 g/mol. The highest BCUT2D eigenvalue weighted by atomic mass is 16.1. The summed E-state index contributed by atoms with van der Waals surface area (Å²) in [6, 6.07) is 13.2. The number of anilines is 1. The summed E-state index contributed by atoms with van der Waals surface area (Å²) in [7, 11) is 0. The van der Waals surface area contributed by atoms with Gasteiger partial charge in [0.25, 0.3) is 5.91 Å². The Morgan fingerprint density at radius 2 is 1.86 bits per heavy atom. The molecule has 1 aromatic heterocycles. The van der Waals surface area contributed by atoms with Crippen LogP contribution >= 0.6 is 0 Å². The van der Waals surface area contributed by atoms with E-state index >= 15 is 0 Å². The highest BCUT2D eigenvalue weighted by Gasteiger charge is 2.18. The van der Waals surface area contributed by atoms with Crippen molar-refractivity contribution >= 4 is 11.6 Å². The van der Waals surface area contributed by atoms with E-state index in [9.17, 15) is 4.79 Å². The van der Waals surface area contributed by atoms with Crippen molar-refractivity contribution in [2.24, 2.45) is 5.73 Å². The van der Waals surface area contributed by atoms with Crippen LogP contribution in [-0.4, -0.2) is 17.4 Å². The van der Waals surface area contributed by atoms with Gasteiger partial charge in [-0.25, -0.2) is 4.98 Å². The smallest absolute Gasteiger partial charge is 0.274 e. The quantitative estimate of drug-likeness (QED) is 0.906. The summed E-state index contributed by atoms with van der Waals surface area (Å²) < 4.78 is 0. The maximum absolute atomic E-state index is 12.1. The molecule has 0 bridgehead atoms. The Bertz CT molecular complexity index is 633. The first-order chi connectivity index (χ1) is 9.92. The SMILES string of the molecule is Cc1cccc(C(=O)Nc2ccc(C(C)(C)CN)cc2)n1. The zero-order valence-electron chi connectivity index (χ0n) is 12.7. The number of benzene rings is 1. The molecule has 1 aromatic carbocycles. The van der Waals surface area contributed by atoms with Gasteiger partial charge in [0.2, 0.25) is 0 Å². The van der Waals surface area contributed by atoms with Crippen molar-refractivity contribution in [1.82, 2.24) is 4.98 Å². The minimum atomic E-state index is -0.204. The molecule has 0 fully saturated rings. The highest BCUT2D eigenvalue weighted by molar-refractivity contribution is 6.02. The van der Waals surface area contributed by atoms with E-state index in [1.54, 1.807) is 6.07 Å². The van der Waals surface area contributed by atoms with Gasteiger partial charge < -0.3 is 11.1 Å². The van der Waals surface area contributed by atoms with Crippen molar-refractivity contribution in [1.29, 1.82) is 0 Å². The summed E-state index contributed by atoms with van der Waals surface area (Å²) >= 11 is 0. The lowest BCUT2D eigenvalue weighted by Gasteiger charge is -2.23. The monoisotopic (exact) mass is 283 g/mol. The number of hydrogen-bond donors (Lipinski definition) is 2. The van der Waals surface area contributed by atoms with Crippen molar-refractivity contribution < 1.29 is 4.79 Å². The number of hydrogen-bond acceptors (Lipinski definition) is 3. The van der Waals surface area contributed by atoms with E-state index in [2.05, 4.69) is 24.1 Å². The molecule has 2 aromatic rings. The molecule has 0 saturated heterocycles. The number of aryl methyl sites for hydroxylation is 1. The Kier molecular flexibility index (Phi) is 4.38. The number of rotatable bonds is 4. The fourth-order valence-corrected chi connectivity index (χ4v) is 1.99. The molecule has 0 aliphatic carbocycles. The van der Waals surface area contributed by atoms with Gasteiger partial charge in [-0.15, -0.1) is 0 Å². The Morgan fingerprint density at radius 1 is 1.19 bits per heavy atom. The molecule has 21 heavy (non-hydrogen) atoms. The second-order valence-corrected chi connectivity index (χ2v) is 5.78. The van der Waals surface area contributed by atoms with E-state index in [0.29, 0.717) is 12.2 Å². The zero-order chi connectivity index (χ0) is 15.5. The first-order valence-electron chi connectivity index (χ1n) is 6.98. The van der Waals surface area contributed by atoms with Gasteiger partial charge in [-0.1, -0.05) is 32.0 Å². The number of amides is 1. The van der Waals surface area contributed by atoms with Crippen molar-refractivity contribution in [3.63, 3.8) is 0 Å². The molecule has 0 saturated carbocycles. The van der Waals surface area contributed by atoms with Crippen LogP contribution in [0, 0.1) is 6.92 Å². The number of nitrogens with two attached hydrogens (primary N) is 1. The molecule has 110 valence electrons. The van der Waals surface area contributed by atoms with Crippen LogP contribution < -0.4 is 11.1 Å². The second-order valence-electron chi connectivity index (χ2n) is 5.78. The first-order valence-corrected chi connectivity index (χ1v) is 6.98. The summed E-state index contributed by atoms with van der Waals surface area (Å²) in [5.41, 5.74) is 8.84. The maximum Gasteiger partial charge on any atom is 0.274 e. The van der Waals surface area contributed by atoms with Crippen molar-refractivity contribution in [2.45, 2.75) is 26.2 Å². The fourth-order valence-electron chi connectivity index (χ4n) is 1.99. The van der Waals surface area contributed by atoms with Crippen LogP contribution in [0.25, 0.3) is 0 Å². The van der Waals surface area contributed by atoms with Crippen LogP contribution in [0.5, 0.6) is 0 Å². The third-order valence-electron chi connectivity index (χ3n) is 3.56. The standard InChI is InChI=1S/C17H21N3O/c1-12-5-4-6-15(19-12)16(21)20-14-9-7-13(8-10-14)17(2,3)11-18/h4-10H,11,18H2,1-3H3,(H,20,21).